The maximum atomic E-state index is 5.30. The van der Waals surface area contributed by atoms with Crippen LogP contribution < -0.4 is 0 Å². The van der Waals surface area contributed by atoms with Gasteiger partial charge in [0.2, 0.25) is 0 Å². The van der Waals surface area contributed by atoms with Crippen molar-refractivity contribution in [2.75, 3.05) is 0 Å². The standard InChI is InChI=1S/C12H13BrN2S/c1-2-10-7-12(16)15(14-10)8-9-5-3-4-6-11(9)13/h3-7,14H,2,8H2,1H3. The van der Waals surface area contributed by atoms with Crippen LogP contribution in [-0.2, 0) is 13.0 Å². The lowest BCUT2D eigenvalue weighted by molar-refractivity contribution is 0.664. The van der Waals surface area contributed by atoms with Crippen LogP contribution in [0.5, 0.6) is 0 Å². The second kappa shape index (κ2) is 4.97. The lowest BCUT2D eigenvalue weighted by atomic mass is 10.2. The van der Waals surface area contributed by atoms with Gasteiger partial charge in [0.1, 0.15) is 4.64 Å². The molecule has 4 heteroatoms. The number of benzene rings is 1. The van der Waals surface area contributed by atoms with E-state index in [2.05, 4.69) is 34.0 Å². The van der Waals surface area contributed by atoms with Crippen LogP contribution in [0, 0.1) is 4.64 Å². The molecule has 0 amide bonds. The van der Waals surface area contributed by atoms with Crippen molar-refractivity contribution in [3.05, 3.63) is 50.7 Å². The molecule has 0 fully saturated rings. The minimum atomic E-state index is 0.778. The summed E-state index contributed by atoms with van der Waals surface area (Å²) in [5.74, 6) is 0. The highest BCUT2D eigenvalue weighted by atomic mass is 79.9. The van der Waals surface area contributed by atoms with Gasteiger partial charge in [-0.05, 0) is 24.1 Å². The Morgan fingerprint density at radius 2 is 2.12 bits per heavy atom. The number of aromatic amines is 1. The molecule has 0 spiro atoms. The molecule has 1 aromatic heterocycles. The van der Waals surface area contributed by atoms with Gasteiger partial charge in [0.25, 0.3) is 0 Å². The zero-order chi connectivity index (χ0) is 11.5. The van der Waals surface area contributed by atoms with E-state index in [1.807, 2.05) is 28.9 Å². The third-order valence-electron chi connectivity index (χ3n) is 2.51. The van der Waals surface area contributed by atoms with Crippen molar-refractivity contribution < 1.29 is 0 Å². The summed E-state index contributed by atoms with van der Waals surface area (Å²) in [5, 5.41) is 3.30. The van der Waals surface area contributed by atoms with E-state index in [1.165, 1.54) is 11.3 Å². The molecule has 0 saturated heterocycles. The summed E-state index contributed by atoms with van der Waals surface area (Å²) in [4.78, 5) is 0. The maximum absolute atomic E-state index is 5.30. The van der Waals surface area contributed by atoms with E-state index in [-0.39, 0.29) is 0 Å². The van der Waals surface area contributed by atoms with Gasteiger partial charge < -0.3 is 5.10 Å². The third kappa shape index (κ3) is 2.44. The van der Waals surface area contributed by atoms with Crippen LogP contribution in [-0.4, -0.2) is 9.78 Å². The Labute approximate surface area is 108 Å². The van der Waals surface area contributed by atoms with Crippen LogP contribution in [0.15, 0.2) is 34.8 Å². The Hall–Kier alpha value is -0.870. The lowest BCUT2D eigenvalue weighted by Gasteiger charge is -2.05. The predicted octanol–water partition coefficient (Wildman–Crippen LogP) is 3.92. The molecular weight excluding hydrogens is 284 g/mol. The Bertz CT molecular complexity index is 542. The third-order valence-corrected chi connectivity index (χ3v) is 3.62. The zero-order valence-electron chi connectivity index (χ0n) is 9.03. The smallest absolute Gasteiger partial charge is 0.122 e. The van der Waals surface area contributed by atoms with Crippen molar-refractivity contribution in [1.82, 2.24) is 9.78 Å². The summed E-state index contributed by atoms with van der Waals surface area (Å²) in [7, 11) is 0. The first kappa shape index (κ1) is 11.6. The van der Waals surface area contributed by atoms with E-state index in [9.17, 15) is 0 Å². The molecule has 0 bridgehead atoms. The monoisotopic (exact) mass is 296 g/mol. The molecule has 2 rings (SSSR count). The maximum Gasteiger partial charge on any atom is 0.122 e. The van der Waals surface area contributed by atoms with Gasteiger partial charge in [0.15, 0.2) is 0 Å². The number of hydrogen-bond donors (Lipinski definition) is 1. The van der Waals surface area contributed by atoms with Crippen LogP contribution in [0.2, 0.25) is 0 Å². The topological polar surface area (TPSA) is 20.7 Å². The largest absolute Gasteiger partial charge is 0.301 e. The fraction of sp³-hybridized carbons (Fsp3) is 0.250. The number of aryl methyl sites for hydroxylation is 1. The van der Waals surface area contributed by atoms with Gasteiger partial charge in [-0.15, -0.1) is 0 Å². The molecule has 0 aliphatic heterocycles. The van der Waals surface area contributed by atoms with Gasteiger partial charge in [-0.2, -0.15) is 0 Å². The fourth-order valence-corrected chi connectivity index (χ4v) is 2.25. The summed E-state index contributed by atoms with van der Waals surface area (Å²) < 4.78 is 3.96. The Morgan fingerprint density at radius 3 is 2.75 bits per heavy atom. The molecule has 0 aliphatic rings. The van der Waals surface area contributed by atoms with Crippen LogP contribution in [0.4, 0.5) is 0 Å². The highest BCUT2D eigenvalue weighted by Crippen LogP contribution is 2.17. The molecule has 0 saturated carbocycles. The number of rotatable bonds is 3. The number of halogens is 1. The molecule has 0 unspecified atom stereocenters. The molecule has 0 aliphatic carbocycles. The highest BCUT2D eigenvalue weighted by molar-refractivity contribution is 9.10. The summed E-state index contributed by atoms with van der Waals surface area (Å²) in [6.45, 7) is 2.89. The lowest BCUT2D eigenvalue weighted by Crippen LogP contribution is -2.02. The van der Waals surface area contributed by atoms with Crippen LogP contribution in [0.1, 0.15) is 18.2 Å². The number of nitrogens with one attached hydrogen (secondary N) is 1. The molecule has 0 atom stereocenters. The first-order valence-corrected chi connectivity index (χ1v) is 6.43. The second-order valence-electron chi connectivity index (χ2n) is 3.65. The van der Waals surface area contributed by atoms with Gasteiger partial charge in [-0.3, -0.25) is 4.68 Å². The van der Waals surface area contributed by atoms with Gasteiger partial charge in [0, 0.05) is 10.2 Å². The van der Waals surface area contributed by atoms with Crippen LogP contribution in [0.3, 0.4) is 0 Å². The van der Waals surface area contributed by atoms with Crippen molar-refractivity contribution in [1.29, 1.82) is 0 Å². The van der Waals surface area contributed by atoms with Crippen molar-refractivity contribution in [3.63, 3.8) is 0 Å². The average molecular weight is 297 g/mol. The molecule has 1 aromatic carbocycles. The molecule has 16 heavy (non-hydrogen) atoms. The van der Waals surface area contributed by atoms with Gasteiger partial charge in [-0.25, -0.2) is 0 Å². The quantitative estimate of drug-likeness (QED) is 0.852. The van der Waals surface area contributed by atoms with Crippen molar-refractivity contribution in [2.24, 2.45) is 0 Å². The van der Waals surface area contributed by atoms with Gasteiger partial charge in [0.05, 0.1) is 6.54 Å². The summed E-state index contributed by atoms with van der Waals surface area (Å²) in [5.41, 5.74) is 2.40. The van der Waals surface area contributed by atoms with Crippen LogP contribution >= 0.6 is 28.1 Å². The molecule has 1 heterocycles. The van der Waals surface area contributed by atoms with Crippen molar-refractivity contribution >= 4 is 28.1 Å². The molecular formula is C12H13BrN2S. The van der Waals surface area contributed by atoms with Crippen molar-refractivity contribution in [2.45, 2.75) is 19.9 Å². The second-order valence-corrected chi connectivity index (χ2v) is 4.92. The van der Waals surface area contributed by atoms with E-state index in [1.54, 1.807) is 0 Å². The molecule has 0 radical (unpaired) electrons. The minimum Gasteiger partial charge on any atom is -0.301 e. The van der Waals surface area contributed by atoms with E-state index < -0.39 is 0 Å². The molecule has 84 valence electrons. The fourth-order valence-electron chi connectivity index (χ4n) is 1.58. The number of H-pyrrole nitrogens is 1. The number of aromatic nitrogens is 2. The Balaban J connectivity index is 2.30. The van der Waals surface area contributed by atoms with E-state index in [0.717, 1.165) is 22.1 Å². The average Bonchev–Trinajstić information content (AvgIpc) is 2.63. The summed E-state index contributed by atoms with van der Waals surface area (Å²) in [6.07, 6.45) is 0.979. The minimum absolute atomic E-state index is 0.778. The number of hydrogen-bond acceptors (Lipinski definition) is 1. The van der Waals surface area contributed by atoms with E-state index in [4.69, 9.17) is 12.2 Å². The normalized spacial score (nSPS) is 10.6. The summed E-state index contributed by atoms with van der Waals surface area (Å²) in [6, 6.07) is 10.2. The Morgan fingerprint density at radius 1 is 1.38 bits per heavy atom. The zero-order valence-corrected chi connectivity index (χ0v) is 11.4. The number of nitrogens with zero attached hydrogens (tertiary/aromatic N) is 1. The first-order valence-electron chi connectivity index (χ1n) is 5.23. The first-order chi connectivity index (χ1) is 7.70. The molecule has 1 N–H and O–H groups in total. The SMILES string of the molecule is CCc1cc(=S)n(Cc2ccccc2Br)[nH]1. The van der Waals surface area contributed by atoms with Gasteiger partial charge in [-0.1, -0.05) is 53.3 Å². The van der Waals surface area contributed by atoms with Crippen LogP contribution in [0.25, 0.3) is 0 Å². The predicted molar refractivity (Wildman–Crippen MR) is 72.2 cm³/mol. The van der Waals surface area contributed by atoms with Gasteiger partial charge >= 0.3 is 0 Å². The Kier molecular flexibility index (Phi) is 3.61. The van der Waals surface area contributed by atoms with E-state index >= 15 is 0 Å². The van der Waals surface area contributed by atoms with E-state index in [0.29, 0.717) is 0 Å². The van der Waals surface area contributed by atoms with Crippen molar-refractivity contribution in [3.8, 4) is 0 Å². The molecule has 2 aromatic rings. The molecule has 2 nitrogen and oxygen atoms in total. The highest BCUT2D eigenvalue weighted by Gasteiger charge is 2.02. The summed E-state index contributed by atoms with van der Waals surface area (Å²) >= 11 is 8.84.